The summed E-state index contributed by atoms with van der Waals surface area (Å²) in [6.07, 6.45) is 0.338. The van der Waals surface area contributed by atoms with Gasteiger partial charge in [-0.3, -0.25) is 9.59 Å². The first-order chi connectivity index (χ1) is 9.29. The van der Waals surface area contributed by atoms with Gasteiger partial charge in [0.15, 0.2) is 0 Å². The molecule has 1 aromatic carbocycles. The minimum absolute atomic E-state index is 0.0374. The van der Waals surface area contributed by atoms with Gasteiger partial charge in [0.25, 0.3) is 0 Å². The van der Waals surface area contributed by atoms with Gasteiger partial charge in [-0.15, -0.1) is 0 Å². The van der Waals surface area contributed by atoms with Gasteiger partial charge >= 0.3 is 0 Å². The minimum Gasteiger partial charge on any atom is -0.344 e. The predicted octanol–water partition coefficient (Wildman–Crippen LogP) is 2.56. The number of hydrogen-bond acceptors (Lipinski definition) is 2. The summed E-state index contributed by atoms with van der Waals surface area (Å²) >= 11 is 2.23. The largest absolute Gasteiger partial charge is 0.344 e. The SMILES string of the molecule is CC(C)(C)C1NC(=O)CCN(c2ccc(I)cc2)C1=O. The molecule has 0 spiro atoms. The van der Waals surface area contributed by atoms with Gasteiger partial charge in [0, 0.05) is 22.2 Å². The standard InChI is InChI=1S/C15H19IN2O2/c1-15(2,3)13-14(20)18(9-8-12(19)17-13)11-6-4-10(16)5-7-11/h4-7,13H,8-9H2,1-3H3,(H,17,19). The maximum absolute atomic E-state index is 12.7. The number of nitrogens with one attached hydrogen (secondary N) is 1. The Labute approximate surface area is 133 Å². The summed E-state index contributed by atoms with van der Waals surface area (Å²) < 4.78 is 1.12. The molecule has 4 nitrogen and oxygen atoms in total. The highest BCUT2D eigenvalue weighted by Crippen LogP contribution is 2.26. The number of rotatable bonds is 1. The molecule has 0 aliphatic carbocycles. The van der Waals surface area contributed by atoms with E-state index in [0.29, 0.717) is 13.0 Å². The number of carbonyl (C=O) groups excluding carboxylic acids is 2. The maximum Gasteiger partial charge on any atom is 0.250 e. The molecule has 0 saturated carbocycles. The average molecular weight is 386 g/mol. The molecule has 20 heavy (non-hydrogen) atoms. The van der Waals surface area contributed by atoms with E-state index >= 15 is 0 Å². The Bertz CT molecular complexity index is 520. The quantitative estimate of drug-likeness (QED) is 0.755. The van der Waals surface area contributed by atoms with Gasteiger partial charge in [-0.1, -0.05) is 20.8 Å². The fourth-order valence-electron chi connectivity index (χ4n) is 2.24. The summed E-state index contributed by atoms with van der Waals surface area (Å²) in [6.45, 7) is 6.33. The van der Waals surface area contributed by atoms with Crippen molar-refractivity contribution in [2.75, 3.05) is 11.4 Å². The third kappa shape index (κ3) is 3.31. The predicted molar refractivity (Wildman–Crippen MR) is 87.5 cm³/mol. The number of carbonyl (C=O) groups is 2. The van der Waals surface area contributed by atoms with Gasteiger partial charge < -0.3 is 10.2 Å². The van der Waals surface area contributed by atoms with Crippen molar-refractivity contribution in [3.8, 4) is 0 Å². The van der Waals surface area contributed by atoms with Crippen LogP contribution in [-0.4, -0.2) is 24.4 Å². The lowest BCUT2D eigenvalue weighted by molar-refractivity contribution is -0.127. The Kier molecular flexibility index (Phi) is 4.36. The van der Waals surface area contributed by atoms with Gasteiger partial charge in [0.05, 0.1) is 0 Å². The van der Waals surface area contributed by atoms with E-state index in [4.69, 9.17) is 0 Å². The van der Waals surface area contributed by atoms with E-state index in [1.807, 2.05) is 45.0 Å². The van der Waals surface area contributed by atoms with E-state index in [1.54, 1.807) is 4.90 Å². The second-order valence-corrected chi connectivity index (χ2v) is 7.33. The second kappa shape index (κ2) is 5.71. The summed E-state index contributed by atoms with van der Waals surface area (Å²) in [4.78, 5) is 26.3. The number of amides is 2. The Morgan fingerprint density at radius 1 is 1.20 bits per heavy atom. The van der Waals surface area contributed by atoms with Gasteiger partial charge in [0.2, 0.25) is 11.8 Å². The molecule has 2 amide bonds. The topological polar surface area (TPSA) is 49.4 Å². The molecule has 1 heterocycles. The molecule has 1 aromatic rings. The first kappa shape index (κ1) is 15.3. The van der Waals surface area contributed by atoms with Crippen LogP contribution in [-0.2, 0) is 9.59 Å². The Morgan fingerprint density at radius 3 is 2.35 bits per heavy atom. The molecule has 1 unspecified atom stereocenters. The smallest absolute Gasteiger partial charge is 0.250 e. The molecule has 0 bridgehead atoms. The lowest BCUT2D eigenvalue weighted by Gasteiger charge is -2.32. The molecule has 108 valence electrons. The van der Waals surface area contributed by atoms with E-state index in [-0.39, 0.29) is 17.2 Å². The molecule has 0 aromatic heterocycles. The Morgan fingerprint density at radius 2 is 1.80 bits per heavy atom. The first-order valence-electron chi connectivity index (χ1n) is 6.65. The third-order valence-electron chi connectivity index (χ3n) is 3.39. The highest BCUT2D eigenvalue weighted by atomic mass is 127. The summed E-state index contributed by atoms with van der Waals surface area (Å²) in [7, 11) is 0. The van der Waals surface area contributed by atoms with Crippen LogP contribution in [0.5, 0.6) is 0 Å². The van der Waals surface area contributed by atoms with Crippen molar-refractivity contribution >= 4 is 40.1 Å². The zero-order chi connectivity index (χ0) is 14.9. The third-order valence-corrected chi connectivity index (χ3v) is 4.10. The van der Waals surface area contributed by atoms with Crippen molar-refractivity contribution in [1.29, 1.82) is 0 Å². The van der Waals surface area contributed by atoms with Crippen LogP contribution < -0.4 is 10.2 Å². The minimum atomic E-state index is -0.489. The molecular weight excluding hydrogens is 367 g/mol. The summed E-state index contributed by atoms with van der Waals surface area (Å²) in [5.74, 6) is -0.101. The van der Waals surface area contributed by atoms with Gasteiger partial charge in [-0.05, 0) is 52.3 Å². The molecule has 1 aliphatic rings. The number of halogens is 1. The van der Waals surface area contributed by atoms with Crippen molar-refractivity contribution < 1.29 is 9.59 Å². The van der Waals surface area contributed by atoms with Crippen LogP contribution in [0.1, 0.15) is 27.2 Å². The van der Waals surface area contributed by atoms with E-state index in [2.05, 4.69) is 27.9 Å². The van der Waals surface area contributed by atoms with E-state index < -0.39 is 6.04 Å². The van der Waals surface area contributed by atoms with Crippen molar-refractivity contribution in [1.82, 2.24) is 5.32 Å². The highest BCUT2D eigenvalue weighted by molar-refractivity contribution is 14.1. The van der Waals surface area contributed by atoms with E-state index in [9.17, 15) is 9.59 Å². The number of nitrogens with zero attached hydrogens (tertiary/aromatic N) is 1. The molecule has 1 N–H and O–H groups in total. The van der Waals surface area contributed by atoms with E-state index in [1.165, 1.54) is 0 Å². The first-order valence-corrected chi connectivity index (χ1v) is 7.73. The van der Waals surface area contributed by atoms with Crippen molar-refractivity contribution in [2.45, 2.75) is 33.2 Å². The number of hydrogen-bond donors (Lipinski definition) is 1. The second-order valence-electron chi connectivity index (χ2n) is 6.08. The number of anilines is 1. The average Bonchev–Trinajstić information content (AvgIpc) is 2.50. The van der Waals surface area contributed by atoms with Crippen molar-refractivity contribution in [3.05, 3.63) is 27.8 Å². The Hall–Kier alpha value is -1.11. The summed E-state index contributed by atoms with van der Waals surface area (Å²) in [6, 6.07) is 7.30. The van der Waals surface area contributed by atoms with Gasteiger partial charge in [-0.2, -0.15) is 0 Å². The zero-order valence-corrected chi connectivity index (χ0v) is 14.1. The van der Waals surface area contributed by atoms with Crippen LogP contribution in [0.15, 0.2) is 24.3 Å². The maximum atomic E-state index is 12.7. The molecule has 1 atom stereocenters. The molecule has 1 fully saturated rings. The van der Waals surface area contributed by atoms with Crippen LogP contribution in [0.3, 0.4) is 0 Å². The van der Waals surface area contributed by atoms with Gasteiger partial charge in [0.1, 0.15) is 6.04 Å². The van der Waals surface area contributed by atoms with Gasteiger partial charge in [-0.25, -0.2) is 0 Å². The fraction of sp³-hybridized carbons (Fsp3) is 0.467. The van der Waals surface area contributed by atoms with Crippen molar-refractivity contribution in [2.24, 2.45) is 5.41 Å². The summed E-state index contributed by atoms with van der Waals surface area (Å²) in [5.41, 5.74) is 0.541. The molecule has 1 aliphatic heterocycles. The van der Waals surface area contributed by atoms with E-state index in [0.717, 1.165) is 9.26 Å². The lowest BCUT2D eigenvalue weighted by atomic mass is 9.86. The van der Waals surface area contributed by atoms with Crippen LogP contribution in [0.2, 0.25) is 0 Å². The molecular formula is C15H19IN2O2. The lowest BCUT2D eigenvalue weighted by Crippen LogP contribution is -2.52. The normalized spacial score (nSPS) is 20.6. The highest BCUT2D eigenvalue weighted by Gasteiger charge is 2.38. The van der Waals surface area contributed by atoms with Crippen molar-refractivity contribution in [3.63, 3.8) is 0 Å². The molecule has 1 saturated heterocycles. The fourth-order valence-corrected chi connectivity index (χ4v) is 2.60. The molecule has 2 rings (SSSR count). The molecule has 5 heteroatoms. The van der Waals surface area contributed by atoms with Crippen LogP contribution in [0.4, 0.5) is 5.69 Å². The van der Waals surface area contributed by atoms with Crippen LogP contribution in [0, 0.1) is 8.99 Å². The van der Waals surface area contributed by atoms with Crippen LogP contribution in [0.25, 0.3) is 0 Å². The summed E-state index contributed by atoms with van der Waals surface area (Å²) in [5, 5.41) is 2.85. The number of benzene rings is 1. The Balaban J connectivity index is 2.35. The monoisotopic (exact) mass is 386 g/mol. The zero-order valence-electron chi connectivity index (χ0n) is 11.9. The van der Waals surface area contributed by atoms with Crippen LogP contribution >= 0.6 is 22.6 Å². The molecule has 0 radical (unpaired) electrons.